The zero-order valence-electron chi connectivity index (χ0n) is 20.6. The minimum Gasteiger partial charge on any atom is -0.491 e. The Bertz CT molecular complexity index is 1030. The highest BCUT2D eigenvalue weighted by Crippen LogP contribution is 2.24. The molecule has 0 aromatic heterocycles. The van der Waals surface area contributed by atoms with Crippen LogP contribution in [0.3, 0.4) is 0 Å². The molecule has 0 heterocycles. The van der Waals surface area contributed by atoms with E-state index >= 15 is 0 Å². The summed E-state index contributed by atoms with van der Waals surface area (Å²) in [6, 6.07) is 9.65. The molecule has 2 rings (SSSR count). The summed E-state index contributed by atoms with van der Waals surface area (Å²) >= 11 is 0. The number of aliphatic hydroxyl groups excluding tert-OH is 1. The molecule has 9 nitrogen and oxygen atoms in total. The van der Waals surface area contributed by atoms with Gasteiger partial charge >= 0.3 is 5.97 Å². The number of aryl methyl sites for hydroxylation is 2. The molecule has 9 heteroatoms. The second-order valence-corrected chi connectivity index (χ2v) is 8.95. The highest BCUT2D eigenvalue weighted by atomic mass is 16.5. The highest BCUT2D eigenvalue weighted by molar-refractivity contribution is 6.00. The lowest BCUT2D eigenvalue weighted by Gasteiger charge is -2.22. The van der Waals surface area contributed by atoms with Gasteiger partial charge in [-0.15, -0.1) is 0 Å². The first kappa shape index (κ1) is 27.8. The minimum atomic E-state index is -1.49. The van der Waals surface area contributed by atoms with Crippen LogP contribution in [0, 0.1) is 19.8 Å². The highest BCUT2D eigenvalue weighted by Gasteiger charge is 2.28. The summed E-state index contributed by atoms with van der Waals surface area (Å²) in [4.78, 5) is 37.6. The number of hydrogen-bond donors (Lipinski definition) is 5. The molecule has 0 saturated carbocycles. The topological polar surface area (TPSA) is 151 Å². The van der Waals surface area contributed by atoms with Crippen LogP contribution in [0.4, 0.5) is 0 Å². The van der Waals surface area contributed by atoms with Crippen LogP contribution in [0.15, 0.2) is 42.5 Å². The predicted octanol–water partition coefficient (Wildman–Crippen LogP) is 1.57. The van der Waals surface area contributed by atoms with Gasteiger partial charge in [0.15, 0.2) is 0 Å². The number of carboxylic acid groups (broad SMARTS) is 1. The van der Waals surface area contributed by atoms with Crippen LogP contribution in [0.2, 0.25) is 0 Å². The normalized spacial score (nSPS) is 13.6. The third kappa shape index (κ3) is 8.08. The molecule has 0 aliphatic carbocycles. The van der Waals surface area contributed by atoms with Crippen LogP contribution in [0.1, 0.15) is 40.9 Å². The van der Waals surface area contributed by atoms with Crippen molar-refractivity contribution in [3.8, 4) is 5.75 Å². The average Bonchev–Trinajstić information content (AvgIpc) is 2.82. The van der Waals surface area contributed by atoms with Crippen molar-refractivity contribution >= 4 is 17.8 Å². The van der Waals surface area contributed by atoms with E-state index in [0.29, 0.717) is 5.75 Å². The Morgan fingerprint density at radius 3 is 2.20 bits per heavy atom. The second kappa shape index (κ2) is 12.9. The fourth-order valence-corrected chi connectivity index (χ4v) is 3.22. The number of amides is 2. The van der Waals surface area contributed by atoms with Gasteiger partial charge in [-0.05, 0) is 48.6 Å². The monoisotopic (exact) mass is 485 g/mol. The lowest BCUT2D eigenvalue weighted by molar-refractivity contribution is -0.143. The SMILES string of the molecule is Cc1cc(OC[C@H](N)C(C)C)c(C(=O)N[C@@H](Cc2ccccc2)C(=O)N[C@@H](CO)C(=O)O)cc1C. The molecule has 190 valence electrons. The van der Waals surface area contributed by atoms with Gasteiger partial charge in [-0.3, -0.25) is 9.59 Å². The lowest BCUT2D eigenvalue weighted by Crippen LogP contribution is -2.53. The predicted molar refractivity (Wildman–Crippen MR) is 132 cm³/mol. The third-order valence-electron chi connectivity index (χ3n) is 5.83. The Morgan fingerprint density at radius 2 is 1.63 bits per heavy atom. The van der Waals surface area contributed by atoms with Crippen molar-refractivity contribution in [2.24, 2.45) is 11.7 Å². The molecular formula is C26H35N3O6. The van der Waals surface area contributed by atoms with Gasteiger partial charge in [-0.25, -0.2) is 4.79 Å². The summed E-state index contributed by atoms with van der Waals surface area (Å²) in [6.45, 7) is 7.15. The average molecular weight is 486 g/mol. The number of carboxylic acids is 1. The third-order valence-corrected chi connectivity index (χ3v) is 5.83. The lowest BCUT2D eigenvalue weighted by atomic mass is 10.0. The number of hydrogen-bond acceptors (Lipinski definition) is 6. The molecule has 0 fully saturated rings. The van der Waals surface area contributed by atoms with E-state index in [4.69, 9.17) is 10.5 Å². The Hall–Kier alpha value is -3.43. The van der Waals surface area contributed by atoms with Crippen LogP contribution in [0.25, 0.3) is 0 Å². The van der Waals surface area contributed by atoms with Gasteiger partial charge in [0.05, 0.1) is 12.2 Å². The maximum atomic E-state index is 13.3. The van der Waals surface area contributed by atoms with Gasteiger partial charge in [0.1, 0.15) is 24.4 Å². The number of ether oxygens (including phenoxy) is 1. The van der Waals surface area contributed by atoms with E-state index in [0.717, 1.165) is 16.7 Å². The Balaban J connectivity index is 2.32. The number of nitrogens with one attached hydrogen (secondary N) is 2. The van der Waals surface area contributed by atoms with Crippen molar-refractivity contribution in [1.29, 1.82) is 0 Å². The van der Waals surface area contributed by atoms with Gasteiger partial charge in [0.2, 0.25) is 5.91 Å². The van der Waals surface area contributed by atoms with E-state index < -0.39 is 36.5 Å². The summed E-state index contributed by atoms with van der Waals surface area (Å²) in [5.41, 5.74) is 8.91. The van der Waals surface area contributed by atoms with Gasteiger partial charge in [-0.2, -0.15) is 0 Å². The van der Waals surface area contributed by atoms with E-state index in [-0.39, 0.29) is 30.6 Å². The number of nitrogens with two attached hydrogens (primary N) is 1. The van der Waals surface area contributed by atoms with Gasteiger partial charge in [-0.1, -0.05) is 44.2 Å². The number of aliphatic carboxylic acids is 1. The van der Waals surface area contributed by atoms with E-state index in [2.05, 4.69) is 10.6 Å². The van der Waals surface area contributed by atoms with Gasteiger partial charge in [0, 0.05) is 12.5 Å². The Kier molecular flexibility index (Phi) is 10.2. The van der Waals surface area contributed by atoms with Crippen molar-refractivity contribution in [3.63, 3.8) is 0 Å². The largest absolute Gasteiger partial charge is 0.491 e. The number of benzene rings is 2. The molecular weight excluding hydrogens is 450 g/mol. The number of carbonyl (C=O) groups excluding carboxylic acids is 2. The molecule has 35 heavy (non-hydrogen) atoms. The van der Waals surface area contributed by atoms with Crippen LogP contribution >= 0.6 is 0 Å². The van der Waals surface area contributed by atoms with E-state index in [1.165, 1.54) is 0 Å². The van der Waals surface area contributed by atoms with Crippen molar-refractivity contribution in [3.05, 3.63) is 64.7 Å². The summed E-state index contributed by atoms with van der Waals surface area (Å²) < 4.78 is 5.89. The van der Waals surface area contributed by atoms with Crippen molar-refractivity contribution in [1.82, 2.24) is 10.6 Å². The summed E-state index contributed by atoms with van der Waals surface area (Å²) in [6.07, 6.45) is 0.120. The first-order valence-electron chi connectivity index (χ1n) is 11.5. The van der Waals surface area contributed by atoms with Crippen molar-refractivity contribution in [2.45, 2.75) is 52.2 Å². The molecule has 0 spiro atoms. The quantitative estimate of drug-likeness (QED) is 0.306. The van der Waals surface area contributed by atoms with Crippen LogP contribution < -0.4 is 21.1 Å². The fourth-order valence-electron chi connectivity index (χ4n) is 3.22. The fraction of sp³-hybridized carbons (Fsp3) is 0.423. The first-order valence-corrected chi connectivity index (χ1v) is 11.5. The molecule has 3 atom stereocenters. The number of rotatable bonds is 12. The molecule has 0 radical (unpaired) electrons. The number of carbonyl (C=O) groups is 3. The Morgan fingerprint density at radius 1 is 1.00 bits per heavy atom. The van der Waals surface area contributed by atoms with Crippen molar-refractivity contribution in [2.75, 3.05) is 13.2 Å². The smallest absolute Gasteiger partial charge is 0.328 e. The van der Waals surface area contributed by atoms with Crippen LogP contribution in [0.5, 0.6) is 5.75 Å². The molecule has 2 amide bonds. The van der Waals surface area contributed by atoms with Crippen LogP contribution in [-0.4, -0.2) is 59.3 Å². The zero-order chi connectivity index (χ0) is 26.1. The molecule has 6 N–H and O–H groups in total. The molecule has 0 unspecified atom stereocenters. The van der Waals surface area contributed by atoms with Gasteiger partial charge < -0.3 is 31.3 Å². The standard InChI is InChI=1S/C26H35N3O6/c1-15(2)20(27)14-35-23-11-17(4)16(3)10-19(23)24(31)28-21(12-18-8-6-5-7-9-18)25(32)29-22(13-30)26(33)34/h5-11,15,20-22,30H,12-14,27H2,1-4H3,(H,28,31)(H,29,32)(H,33,34)/t20-,21-,22-/m0/s1. The summed E-state index contributed by atoms with van der Waals surface area (Å²) in [5.74, 6) is -2.12. The maximum absolute atomic E-state index is 13.3. The summed E-state index contributed by atoms with van der Waals surface area (Å²) in [7, 11) is 0. The molecule has 0 bridgehead atoms. The molecule has 0 aliphatic heterocycles. The van der Waals surface area contributed by atoms with Crippen LogP contribution in [-0.2, 0) is 16.0 Å². The molecule has 0 saturated heterocycles. The van der Waals surface area contributed by atoms with Crippen molar-refractivity contribution < 1.29 is 29.3 Å². The maximum Gasteiger partial charge on any atom is 0.328 e. The minimum absolute atomic E-state index is 0.120. The molecule has 2 aromatic rings. The second-order valence-electron chi connectivity index (χ2n) is 8.95. The first-order chi connectivity index (χ1) is 16.5. The number of aliphatic hydroxyl groups is 1. The zero-order valence-corrected chi connectivity index (χ0v) is 20.6. The van der Waals surface area contributed by atoms with Gasteiger partial charge in [0.25, 0.3) is 5.91 Å². The molecule has 2 aromatic carbocycles. The van der Waals surface area contributed by atoms with E-state index in [1.54, 1.807) is 36.4 Å². The molecule has 0 aliphatic rings. The van der Waals surface area contributed by atoms with E-state index in [1.807, 2.05) is 33.8 Å². The van der Waals surface area contributed by atoms with E-state index in [9.17, 15) is 24.6 Å². The Labute approximate surface area is 205 Å². The summed E-state index contributed by atoms with van der Waals surface area (Å²) in [5, 5.41) is 23.5.